The zero-order valence-corrected chi connectivity index (χ0v) is 17.7. The fourth-order valence-electron chi connectivity index (χ4n) is 2.82. The molecule has 8 heteroatoms. The Balaban J connectivity index is 2.03. The summed E-state index contributed by atoms with van der Waals surface area (Å²) < 4.78 is 7.17. The van der Waals surface area contributed by atoms with Crippen molar-refractivity contribution in [2.24, 2.45) is 12.0 Å². The average Bonchev–Trinajstić information content (AvgIpc) is 3.21. The monoisotopic (exact) mass is 375 g/mol. The normalized spacial score (nSPS) is 12.3. The van der Waals surface area contributed by atoms with Gasteiger partial charge in [0.25, 0.3) is 0 Å². The van der Waals surface area contributed by atoms with Crippen LogP contribution in [0.25, 0.3) is 0 Å². The SMILES string of the molecule is CCNC(=NCCc1nc(C(C)C)no1)N(C)Cc1cn(C)nc1C(C)C. The molecule has 8 nitrogen and oxygen atoms in total. The van der Waals surface area contributed by atoms with Crippen LogP contribution in [0.2, 0.25) is 0 Å². The van der Waals surface area contributed by atoms with Crippen molar-refractivity contribution >= 4 is 5.96 Å². The van der Waals surface area contributed by atoms with Crippen LogP contribution in [-0.2, 0) is 20.0 Å². The van der Waals surface area contributed by atoms with Gasteiger partial charge in [-0.05, 0) is 12.8 Å². The Kier molecular flexibility index (Phi) is 7.38. The van der Waals surface area contributed by atoms with Gasteiger partial charge in [-0.2, -0.15) is 10.1 Å². The number of aryl methyl sites for hydroxylation is 1. The summed E-state index contributed by atoms with van der Waals surface area (Å²) in [5, 5.41) is 11.9. The summed E-state index contributed by atoms with van der Waals surface area (Å²) in [5.41, 5.74) is 2.35. The van der Waals surface area contributed by atoms with Crippen molar-refractivity contribution in [3.8, 4) is 0 Å². The highest BCUT2D eigenvalue weighted by Crippen LogP contribution is 2.18. The summed E-state index contributed by atoms with van der Waals surface area (Å²) in [6, 6.07) is 0. The third kappa shape index (κ3) is 5.80. The van der Waals surface area contributed by atoms with Crippen LogP contribution in [0.4, 0.5) is 0 Å². The minimum Gasteiger partial charge on any atom is -0.357 e. The predicted molar refractivity (Wildman–Crippen MR) is 107 cm³/mol. The van der Waals surface area contributed by atoms with E-state index in [2.05, 4.69) is 66.3 Å². The average molecular weight is 376 g/mol. The summed E-state index contributed by atoms with van der Waals surface area (Å²) >= 11 is 0. The zero-order valence-electron chi connectivity index (χ0n) is 17.7. The highest BCUT2D eigenvalue weighted by atomic mass is 16.5. The van der Waals surface area contributed by atoms with E-state index in [0.29, 0.717) is 24.8 Å². The van der Waals surface area contributed by atoms with Crippen molar-refractivity contribution in [2.75, 3.05) is 20.1 Å². The molecule has 0 amide bonds. The van der Waals surface area contributed by atoms with Gasteiger partial charge in [0.1, 0.15) is 0 Å². The highest BCUT2D eigenvalue weighted by Gasteiger charge is 2.15. The van der Waals surface area contributed by atoms with E-state index in [4.69, 9.17) is 9.52 Å². The molecular formula is C19H33N7O. The number of hydrogen-bond donors (Lipinski definition) is 1. The second-order valence-electron chi connectivity index (χ2n) is 7.41. The van der Waals surface area contributed by atoms with Gasteiger partial charge in [-0.3, -0.25) is 9.67 Å². The van der Waals surface area contributed by atoms with Crippen molar-refractivity contribution in [3.63, 3.8) is 0 Å². The Labute approximate surface area is 162 Å². The molecule has 150 valence electrons. The standard InChI is InChI=1S/C19H33N7O/c1-8-20-19(21-10-9-16-22-18(14(4)5)24-27-16)25(6)11-15-12-26(7)23-17(15)13(2)3/h12-14H,8-11H2,1-7H3,(H,20,21). The molecule has 1 N–H and O–H groups in total. The molecule has 0 spiro atoms. The van der Waals surface area contributed by atoms with Crippen molar-refractivity contribution in [1.29, 1.82) is 0 Å². The fourth-order valence-corrected chi connectivity index (χ4v) is 2.82. The molecule has 27 heavy (non-hydrogen) atoms. The molecule has 2 aromatic rings. The lowest BCUT2D eigenvalue weighted by Gasteiger charge is -2.22. The smallest absolute Gasteiger partial charge is 0.228 e. The van der Waals surface area contributed by atoms with Crippen LogP contribution in [-0.4, -0.2) is 50.9 Å². The van der Waals surface area contributed by atoms with Gasteiger partial charge in [0.15, 0.2) is 11.8 Å². The summed E-state index contributed by atoms with van der Waals surface area (Å²) in [7, 11) is 4.01. The maximum Gasteiger partial charge on any atom is 0.228 e. The van der Waals surface area contributed by atoms with Gasteiger partial charge >= 0.3 is 0 Å². The first-order chi connectivity index (χ1) is 12.8. The van der Waals surface area contributed by atoms with Gasteiger partial charge in [0.05, 0.1) is 12.2 Å². The molecule has 2 aromatic heterocycles. The van der Waals surface area contributed by atoms with Crippen LogP contribution in [0.1, 0.15) is 69.4 Å². The third-order valence-electron chi connectivity index (χ3n) is 4.18. The molecule has 0 unspecified atom stereocenters. The summed E-state index contributed by atoms with van der Waals surface area (Å²) in [4.78, 5) is 11.2. The lowest BCUT2D eigenvalue weighted by molar-refractivity contribution is 0.372. The first kappa shape index (κ1) is 20.9. The first-order valence-electron chi connectivity index (χ1n) is 9.66. The predicted octanol–water partition coefficient (Wildman–Crippen LogP) is 2.69. The minimum atomic E-state index is 0.268. The first-order valence-corrected chi connectivity index (χ1v) is 9.66. The molecule has 0 aliphatic carbocycles. The van der Waals surface area contributed by atoms with Gasteiger partial charge in [0, 0.05) is 51.3 Å². The lowest BCUT2D eigenvalue weighted by atomic mass is 10.1. The number of hydrogen-bond acceptors (Lipinski definition) is 5. The second kappa shape index (κ2) is 9.53. The molecule has 0 saturated carbocycles. The molecule has 0 aliphatic rings. The van der Waals surface area contributed by atoms with Gasteiger partial charge < -0.3 is 14.7 Å². The van der Waals surface area contributed by atoms with Gasteiger partial charge in [-0.15, -0.1) is 0 Å². The molecule has 0 aromatic carbocycles. The van der Waals surface area contributed by atoms with E-state index >= 15 is 0 Å². The van der Waals surface area contributed by atoms with E-state index in [1.807, 2.05) is 18.8 Å². The molecule has 0 atom stereocenters. The Morgan fingerprint density at radius 2 is 2.04 bits per heavy atom. The molecule has 0 aliphatic heterocycles. The Morgan fingerprint density at radius 3 is 2.63 bits per heavy atom. The van der Waals surface area contributed by atoms with Crippen molar-refractivity contribution in [3.05, 3.63) is 29.2 Å². The topological polar surface area (TPSA) is 84.4 Å². The van der Waals surface area contributed by atoms with Gasteiger partial charge in [-0.25, -0.2) is 0 Å². The second-order valence-corrected chi connectivity index (χ2v) is 7.41. The molecule has 0 radical (unpaired) electrons. The molecule has 0 saturated heterocycles. The van der Waals surface area contributed by atoms with Crippen molar-refractivity contribution in [2.45, 2.75) is 59.4 Å². The van der Waals surface area contributed by atoms with Gasteiger partial charge in [-0.1, -0.05) is 32.9 Å². The zero-order chi connectivity index (χ0) is 20.0. The van der Waals surface area contributed by atoms with E-state index < -0.39 is 0 Å². The Bertz CT molecular complexity index is 745. The number of aliphatic imine (C=N–C) groups is 1. The van der Waals surface area contributed by atoms with Crippen LogP contribution >= 0.6 is 0 Å². The number of guanidine groups is 1. The number of aromatic nitrogens is 4. The minimum absolute atomic E-state index is 0.268. The van der Waals surface area contributed by atoms with Crippen LogP contribution in [0.3, 0.4) is 0 Å². The van der Waals surface area contributed by atoms with Gasteiger partial charge in [0.2, 0.25) is 5.89 Å². The van der Waals surface area contributed by atoms with E-state index in [1.165, 1.54) is 5.56 Å². The maximum absolute atomic E-state index is 5.29. The fraction of sp³-hybridized carbons (Fsp3) is 0.684. The molecular weight excluding hydrogens is 342 g/mol. The number of rotatable bonds is 8. The molecule has 0 fully saturated rings. The summed E-state index contributed by atoms with van der Waals surface area (Å²) in [5.74, 6) is 2.90. The number of nitrogens with one attached hydrogen (secondary N) is 1. The van der Waals surface area contributed by atoms with E-state index in [9.17, 15) is 0 Å². The van der Waals surface area contributed by atoms with Crippen molar-refractivity contribution in [1.82, 2.24) is 30.1 Å². The van der Waals surface area contributed by atoms with Crippen LogP contribution in [0.15, 0.2) is 15.7 Å². The quantitative estimate of drug-likeness (QED) is 0.564. The Hall–Kier alpha value is -2.38. The van der Waals surface area contributed by atoms with Crippen LogP contribution < -0.4 is 5.32 Å². The van der Waals surface area contributed by atoms with E-state index in [0.717, 1.165) is 30.6 Å². The molecule has 0 bridgehead atoms. The maximum atomic E-state index is 5.29. The highest BCUT2D eigenvalue weighted by molar-refractivity contribution is 5.79. The largest absolute Gasteiger partial charge is 0.357 e. The molecule has 2 rings (SSSR count). The third-order valence-corrected chi connectivity index (χ3v) is 4.18. The van der Waals surface area contributed by atoms with Crippen molar-refractivity contribution < 1.29 is 4.52 Å². The van der Waals surface area contributed by atoms with Crippen LogP contribution in [0, 0.1) is 0 Å². The lowest BCUT2D eigenvalue weighted by Crippen LogP contribution is -2.38. The van der Waals surface area contributed by atoms with Crippen LogP contribution in [0.5, 0.6) is 0 Å². The number of nitrogens with zero attached hydrogens (tertiary/aromatic N) is 6. The Morgan fingerprint density at radius 1 is 1.30 bits per heavy atom. The van der Waals surface area contributed by atoms with E-state index in [1.54, 1.807) is 0 Å². The summed E-state index contributed by atoms with van der Waals surface area (Å²) in [6.07, 6.45) is 2.72. The summed E-state index contributed by atoms with van der Waals surface area (Å²) in [6.45, 7) is 12.7. The van der Waals surface area contributed by atoms with E-state index in [-0.39, 0.29) is 5.92 Å². The molecule has 2 heterocycles.